The highest BCUT2D eigenvalue weighted by molar-refractivity contribution is 7.13. The fourth-order valence-electron chi connectivity index (χ4n) is 1.46. The molecule has 1 aromatic rings. The van der Waals surface area contributed by atoms with Crippen LogP contribution in [0.1, 0.15) is 21.1 Å². The average Bonchev–Trinajstić information content (AvgIpc) is 2.76. The van der Waals surface area contributed by atoms with Gasteiger partial charge < -0.3 is 4.74 Å². The van der Waals surface area contributed by atoms with Crippen LogP contribution in [0.4, 0.5) is 0 Å². The van der Waals surface area contributed by atoms with Crippen LogP contribution in [0.2, 0.25) is 0 Å². The van der Waals surface area contributed by atoms with Gasteiger partial charge in [0, 0.05) is 25.8 Å². The molecule has 4 heteroatoms. The van der Waals surface area contributed by atoms with Gasteiger partial charge in [-0.3, -0.25) is 4.79 Å². The van der Waals surface area contributed by atoms with Gasteiger partial charge in [-0.15, -0.1) is 11.3 Å². The number of nitrogens with zero attached hydrogens (tertiary/aromatic N) is 1. The number of hydrogen-bond acceptors (Lipinski definition) is 4. The Bertz CT molecular complexity index is 292. The van der Waals surface area contributed by atoms with E-state index < -0.39 is 0 Å². The zero-order valence-electron chi connectivity index (χ0n) is 7.23. The predicted molar refractivity (Wildman–Crippen MR) is 50.1 cm³/mol. The molecule has 2 rings (SSSR count). The Labute approximate surface area is 80.8 Å². The maximum atomic E-state index is 10.4. The van der Waals surface area contributed by atoms with Crippen LogP contribution in [0, 0.1) is 5.92 Å². The van der Waals surface area contributed by atoms with E-state index in [9.17, 15) is 4.79 Å². The van der Waals surface area contributed by atoms with Crippen molar-refractivity contribution in [2.45, 2.75) is 12.8 Å². The minimum Gasteiger partial charge on any atom is -0.381 e. The molecule has 1 aliphatic rings. The minimum absolute atomic E-state index is 0.602. The van der Waals surface area contributed by atoms with Crippen LogP contribution in [0.15, 0.2) is 6.20 Å². The van der Waals surface area contributed by atoms with Gasteiger partial charge in [0.05, 0.1) is 9.88 Å². The van der Waals surface area contributed by atoms with Crippen molar-refractivity contribution in [3.8, 4) is 0 Å². The standard InChI is InChI=1S/C9H11NO2S/c11-5-8-4-10-9(13-8)3-7-1-2-12-6-7/h4-5,7H,1-3,6H2. The molecule has 0 aromatic carbocycles. The number of hydrogen-bond donors (Lipinski definition) is 0. The first kappa shape index (κ1) is 8.84. The quantitative estimate of drug-likeness (QED) is 0.690. The number of rotatable bonds is 3. The topological polar surface area (TPSA) is 39.2 Å². The van der Waals surface area contributed by atoms with Crippen LogP contribution in [0.5, 0.6) is 0 Å². The van der Waals surface area contributed by atoms with E-state index in [-0.39, 0.29) is 0 Å². The highest BCUT2D eigenvalue weighted by Gasteiger charge is 2.17. The van der Waals surface area contributed by atoms with Crippen molar-refractivity contribution in [1.29, 1.82) is 0 Å². The molecule has 1 aromatic heterocycles. The number of aromatic nitrogens is 1. The summed E-state index contributed by atoms with van der Waals surface area (Å²) in [6, 6.07) is 0. The molecule has 0 radical (unpaired) electrons. The molecular formula is C9H11NO2S. The number of carbonyl (C=O) groups excluding carboxylic acids is 1. The lowest BCUT2D eigenvalue weighted by molar-refractivity contribution is 0.112. The third-order valence-electron chi connectivity index (χ3n) is 2.17. The highest BCUT2D eigenvalue weighted by atomic mass is 32.1. The summed E-state index contributed by atoms with van der Waals surface area (Å²) in [6.45, 7) is 1.71. The van der Waals surface area contributed by atoms with Crippen molar-refractivity contribution in [3.63, 3.8) is 0 Å². The molecule has 0 aliphatic carbocycles. The van der Waals surface area contributed by atoms with Gasteiger partial charge in [-0.1, -0.05) is 0 Å². The molecule has 2 heterocycles. The zero-order valence-corrected chi connectivity index (χ0v) is 8.05. The van der Waals surface area contributed by atoms with Gasteiger partial charge in [-0.05, 0) is 12.3 Å². The largest absolute Gasteiger partial charge is 0.381 e. The predicted octanol–water partition coefficient (Wildman–Crippen LogP) is 1.53. The molecule has 1 atom stereocenters. The van der Waals surface area contributed by atoms with Crippen molar-refractivity contribution < 1.29 is 9.53 Å². The number of aldehydes is 1. The molecule has 0 amide bonds. The Hall–Kier alpha value is -0.740. The monoisotopic (exact) mass is 197 g/mol. The molecule has 13 heavy (non-hydrogen) atoms. The van der Waals surface area contributed by atoms with E-state index in [1.165, 1.54) is 11.3 Å². The van der Waals surface area contributed by atoms with Crippen molar-refractivity contribution in [2.24, 2.45) is 5.92 Å². The lowest BCUT2D eigenvalue weighted by Gasteiger charge is -2.02. The third kappa shape index (κ3) is 2.14. The molecule has 1 unspecified atom stereocenters. The molecule has 1 saturated heterocycles. The molecule has 0 bridgehead atoms. The lowest BCUT2D eigenvalue weighted by atomic mass is 10.1. The van der Waals surface area contributed by atoms with E-state index in [1.807, 2.05) is 0 Å². The van der Waals surface area contributed by atoms with E-state index in [0.717, 1.165) is 37.3 Å². The van der Waals surface area contributed by atoms with Crippen LogP contribution >= 0.6 is 11.3 Å². The Kier molecular flexibility index (Phi) is 2.71. The molecule has 1 aliphatic heterocycles. The first-order valence-corrected chi connectivity index (χ1v) is 5.18. The van der Waals surface area contributed by atoms with Crippen LogP contribution in [0.3, 0.4) is 0 Å². The molecule has 0 N–H and O–H groups in total. The van der Waals surface area contributed by atoms with Crippen LogP contribution in [0.25, 0.3) is 0 Å². The summed E-state index contributed by atoms with van der Waals surface area (Å²) in [7, 11) is 0. The van der Waals surface area contributed by atoms with Gasteiger partial charge in [0.1, 0.15) is 0 Å². The summed E-state index contributed by atoms with van der Waals surface area (Å²) in [5, 5.41) is 1.05. The maximum Gasteiger partial charge on any atom is 0.161 e. The Morgan fingerprint density at radius 1 is 1.77 bits per heavy atom. The van der Waals surface area contributed by atoms with Gasteiger partial charge in [0.15, 0.2) is 6.29 Å². The van der Waals surface area contributed by atoms with E-state index in [2.05, 4.69) is 4.98 Å². The van der Waals surface area contributed by atoms with Crippen molar-refractivity contribution in [3.05, 3.63) is 16.1 Å². The fraction of sp³-hybridized carbons (Fsp3) is 0.556. The second kappa shape index (κ2) is 3.98. The average molecular weight is 197 g/mol. The summed E-state index contributed by atoms with van der Waals surface area (Å²) in [4.78, 5) is 15.3. The SMILES string of the molecule is O=Cc1cnc(CC2CCOC2)s1. The van der Waals surface area contributed by atoms with Crippen molar-refractivity contribution >= 4 is 17.6 Å². The summed E-state index contributed by atoms with van der Waals surface area (Å²) >= 11 is 1.48. The normalized spacial score (nSPS) is 22.0. The second-order valence-electron chi connectivity index (χ2n) is 3.21. The second-order valence-corrected chi connectivity index (χ2v) is 4.35. The number of ether oxygens (including phenoxy) is 1. The van der Waals surface area contributed by atoms with Gasteiger partial charge in [0.25, 0.3) is 0 Å². The molecule has 0 spiro atoms. The van der Waals surface area contributed by atoms with Crippen LogP contribution in [-0.2, 0) is 11.2 Å². The van der Waals surface area contributed by atoms with Gasteiger partial charge >= 0.3 is 0 Å². The smallest absolute Gasteiger partial charge is 0.161 e. The summed E-state index contributed by atoms with van der Waals surface area (Å²) in [6.07, 6.45) is 4.57. The third-order valence-corrected chi connectivity index (χ3v) is 3.12. The number of carbonyl (C=O) groups is 1. The zero-order chi connectivity index (χ0) is 9.10. The summed E-state index contributed by atoms with van der Waals surface area (Å²) in [5.74, 6) is 0.602. The van der Waals surface area contributed by atoms with Crippen LogP contribution in [-0.4, -0.2) is 24.5 Å². The van der Waals surface area contributed by atoms with E-state index in [1.54, 1.807) is 6.20 Å². The summed E-state index contributed by atoms with van der Waals surface area (Å²) < 4.78 is 5.27. The van der Waals surface area contributed by atoms with Gasteiger partial charge in [-0.25, -0.2) is 4.98 Å². The van der Waals surface area contributed by atoms with Crippen LogP contribution < -0.4 is 0 Å². The minimum atomic E-state index is 0.602. The Morgan fingerprint density at radius 2 is 2.69 bits per heavy atom. The molecule has 0 saturated carbocycles. The molecule has 3 nitrogen and oxygen atoms in total. The maximum absolute atomic E-state index is 10.4. The molecular weight excluding hydrogens is 186 g/mol. The Balaban J connectivity index is 1.96. The summed E-state index contributed by atoms with van der Waals surface area (Å²) in [5.41, 5.74) is 0. The van der Waals surface area contributed by atoms with Gasteiger partial charge in [0.2, 0.25) is 0 Å². The Morgan fingerprint density at radius 3 is 3.31 bits per heavy atom. The van der Waals surface area contributed by atoms with Crippen molar-refractivity contribution in [1.82, 2.24) is 4.98 Å². The van der Waals surface area contributed by atoms with E-state index in [4.69, 9.17) is 4.74 Å². The van der Waals surface area contributed by atoms with E-state index in [0.29, 0.717) is 10.8 Å². The molecule has 1 fully saturated rings. The highest BCUT2D eigenvalue weighted by Crippen LogP contribution is 2.20. The van der Waals surface area contributed by atoms with E-state index >= 15 is 0 Å². The first-order chi connectivity index (χ1) is 6.38. The van der Waals surface area contributed by atoms with Gasteiger partial charge in [-0.2, -0.15) is 0 Å². The lowest BCUT2D eigenvalue weighted by Crippen LogP contribution is -2.02. The number of thiazole rings is 1. The fourth-order valence-corrected chi connectivity index (χ4v) is 2.31. The van der Waals surface area contributed by atoms with Crippen molar-refractivity contribution in [2.75, 3.05) is 13.2 Å². The molecule has 70 valence electrons. The first-order valence-electron chi connectivity index (χ1n) is 4.36.